The number of ether oxygens (including phenoxy) is 1. The van der Waals surface area contributed by atoms with Crippen LogP contribution in [0.4, 0.5) is 0 Å². The standard InChI is InChI=1S/C33H27BrN2O/c1-33(2,3)24-9-6-8-22(18-24)23-14-17-32(35-21-23)36-30-13-5-4-12-28(30)29-16-15-27(20-31(29)36)37-26-11-7-10-25(34)19-26/h4-21H,1-3H3. The maximum atomic E-state index is 6.21. The van der Waals surface area contributed by atoms with Crippen LogP contribution in [0.3, 0.4) is 0 Å². The van der Waals surface area contributed by atoms with Gasteiger partial charge in [0.1, 0.15) is 17.3 Å². The van der Waals surface area contributed by atoms with Gasteiger partial charge in [0.15, 0.2) is 0 Å². The van der Waals surface area contributed by atoms with Gasteiger partial charge in [0, 0.05) is 33.1 Å². The summed E-state index contributed by atoms with van der Waals surface area (Å²) in [5.41, 5.74) is 5.88. The fourth-order valence-electron chi connectivity index (χ4n) is 4.78. The fourth-order valence-corrected chi connectivity index (χ4v) is 5.16. The van der Waals surface area contributed by atoms with Crippen LogP contribution in [0.2, 0.25) is 0 Å². The van der Waals surface area contributed by atoms with Crippen LogP contribution in [0, 0.1) is 0 Å². The predicted molar refractivity (Wildman–Crippen MR) is 157 cm³/mol. The third-order valence-electron chi connectivity index (χ3n) is 6.72. The summed E-state index contributed by atoms with van der Waals surface area (Å²) >= 11 is 3.52. The normalized spacial score (nSPS) is 11.8. The first-order chi connectivity index (χ1) is 17.9. The smallest absolute Gasteiger partial charge is 0.137 e. The molecule has 0 fully saturated rings. The summed E-state index contributed by atoms with van der Waals surface area (Å²) in [6, 6.07) is 35.6. The van der Waals surface area contributed by atoms with E-state index in [0.717, 1.165) is 38.4 Å². The van der Waals surface area contributed by atoms with E-state index in [1.165, 1.54) is 21.9 Å². The van der Waals surface area contributed by atoms with Crippen molar-refractivity contribution in [2.75, 3.05) is 0 Å². The number of halogens is 1. The first kappa shape index (κ1) is 23.5. The Morgan fingerprint density at radius 3 is 2.24 bits per heavy atom. The second kappa shape index (κ2) is 9.20. The van der Waals surface area contributed by atoms with Gasteiger partial charge in [-0.25, -0.2) is 4.98 Å². The molecular formula is C33H27BrN2O. The molecule has 0 amide bonds. The first-order valence-electron chi connectivity index (χ1n) is 12.4. The largest absolute Gasteiger partial charge is 0.457 e. The summed E-state index contributed by atoms with van der Waals surface area (Å²) in [4.78, 5) is 4.93. The van der Waals surface area contributed by atoms with Crippen LogP contribution >= 0.6 is 15.9 Å². The second-order valence-electron chi connectivity index (χ2n) is 10.3. The van der Waals surface area contributed by atoms with Gasteiger partial charge in [-0.2, -0.15) is 0 Å². The van der Waals surface area contributed by atoms with Crippen molar-refractivity contribution in [1.29, 1.82) is 0 Å². The molecule has 0 saturated carbocycles. The van der Waals surface area contributed by atoms with Crippen LogP contribution in [0.5, 0.6) is 11.5 Å². The number of hydrogen-bond donors (Lipinski definition) is 0. The van der Waals surface area contributed by atoms with Crippen LogP contribution in [0.1, 0.15) is 26.3 Å². The number of pyridine rings is 1. The molecule has 2 heterocycles. The van der Waals surface area contributed by atoms with Gasteiger partial charge in [-0.1, -0.05) is 85.2 Å². The van der Waals surface area contributed by atoms with E-state index in [1.807, 2.05) is 36.5 Å². The minimum Gasteiger partial charge on any atom is -0.457 e. The number of hydrogen-bond acceptors (Lipinski definition) is 2. The second-order valence-corrected chi connectivity index (χ2v) is 11.2. The molecule has 0 spiro atoms. The molecule has 182 valence electrons. The van der Waals surface area contributed by atoms with E-state index in [9.17, 15) is 0 Å². The molecule has 3 nitrogen and oxygen atoms in total. The number of rotatable bonds is 4. The van der Waals surface area contributed by atoms with Gasteiger partial charge < -0.3 is 4.74 Å². The minimum absolute atomic E-state index is 0.0992. The molecule has 0 N–H and O–H groups in total. The van der Waals surface area contributed by atoms with Gasteiger partial charge >= 0.3 is 0 Å². The number of fused-ring (bicyclic) bond motifs is 3. The molecule has 0 aliphatic heterocycles. The van der Waals surface area contributed by atoms with Crippen molar-refractivity contribution < 1.29 is 4.74 Å². The topological polar surface area (TPSA) is 27.1 Å². The fraction of sp³-hybridized carbons (Fsp3) is 0.121. The highest BCUT2D eigenvalue weighted by Crippen LogP contribution is 2.35. The van der Waals surface area contributed by atoms with E-state index in [2.05, 4.69) is 114 Å². The lowest BCUT2D eigenvalue weighted by Gasteiger charge is -2.19. The Hall–Kier alpha value is -3.89. The van der Waals surface area contributed by atoms with Gasteiger partial charge in [-0.3, -0.25) is 4.57 Å². The molecule has 6 rings (SSSR count). The molecule has 0 radical (unpaired) electrons. The van der Waals surface area contributed by atoms with Crippen molar-refractivity contribution in [3.05, 3.63) is 119 Å². The first-order valence-corrected chi connectivity index (χ1v) is 13.2. The summed E-state index contributed by atoms with van der Waals surface area (Å²) in [6.07, 6.45) is 1.97. The molecule has 37 heavy (non-hydrogen) atoms. The van der Waals surface area contributed by atoms with Crippen molar-refractivity contribution in [3.8, 4) is 28.4 Å². The Bertz CT molecular complexity index is 1740. The van der Waals surface area contributed by atoms with Crippen molar-refractivity contribution >= 4 is 37.7 Å². The zero-order chi connectivity index (χ0) is 25.6. The zero-order valence-electron chi connectivity index (χ0n) is 21.1. The summed E-state index contributed by atoms with van der Waals surface area (Å²) < 4.78 is 9.41. The number of para-hydroxylation sites is 1. The third-order valence-corrected chi connectivity index (χ3v) is 7.21. The van der Waals surface area contributed by atoms with Crippen LogP contribution in [-0.2, 0) is 5.41 Å². The SMILES string of the molecule is CC(C)(C)c1cccc(-c2ccc(-n3c4ccccc4c4ccc(Oc5cccc(Br)c5)cc43)nc2)c1. The van der Waals surface area contributed by atoms with Gasteiger partial charge in [-0.05, 0) is 65.1 Å². The van der Waals surface area contributed by atoms with E-state index >= 15 is 0 Å². The highest BCUT2D eigenvalue weighted by Gasteiger charge is 2.16. The van der Waals surface area contributed by atoms with E-state index < -0.39 is 0 Å². The molecule has 0 bridgehead atoms. The van der Waals surface area contributed by atoms with Gasteiger partial charge in [0.25, 0.3) is 0 Å². The maximum Gasteiger partial charge on any atom is 0.137 e. The van der Waals surface area contributed by atoms with Crippen LogP contribution in [0.15, 0.2) is 114 Å². The average molecular weight is 547 g/mol. The summed E-state index contributed by atoms with van der Waals surface area (Å²) in [6.45, 7) is 6.72. The third kappa shape index (κ3) is 4.54. The molecule has 0 aliphatic carbocycles. The highest BCUT2D eigenvalue weighted by molar-refractivity contribution is 9.10. The number of nitrogens with zero attached hydrogens (tertiary/aromatic N) is 2. The van der Waals surface area contributed by atoms with E-state index in [0.29, 0.717) is 0 Å². The molecule has 0 saturated heterocycles. The lowest BCUT2D eigenvalue weighted by Crippen LogP contribution is -2.10. The van der Waals surface area contributed by atoms with Crippen LogP contribution < -0.4 is 4.74 Å². The monoisotopic (exact) mass is 546 g/mol. The van der Waals surface area contributed by atoms with Crippen molar-refractivity contribution in [2.45, 2.75) is 26.2 Å². The lowest BCUT2D eigenvalue weighted by molar-refractivity contribution is 0.483. The Kier molecular flexibility index (Phi) is 5.85. The molecule has 4 aromatic carbocycles. The predicted octanol–water partition coefficient (Wildman–Crippen LogP) is 9.70. The molecule has 6 aromatic rings. The maximum absolute atomic E-state index is 6.21. The van der Waals surface area contributed by atoms with Crippen molar-refractivity contribution in [3.63, 3.8) is 0 Å². The summed E-state index contributed by atoms with van der Waals surface area (Å²) in [5, 5.41) is 2.36. The quantitative estimate of drug-likeness (QED) is 0.220. The van der Waals surface area contributed by atoms with Crippen LogP contribution in [-0.4, -0.2) is 9.55 Å². The Morgan fingerprint density at radius 2 is 1.46 bits per heavy atom. The molecule has 4 heteroatoms. The summed E-state index contributed by atoms with van der Waals surface area (Å²) in [7, 11) is 0. The van der Waals surface area contributed by atoms with Crippen molar-refractivity contribution in [1.82, 2.24) is 9.55 Å². The summed E-state index contributed by atoms with van der Waals surface area (Å²) in [5.74, 6) is 2.45. The van der Waals surface area contributed by atoms with Crippen LogP contribution in [0.25, 0.3) is 38.8 Å². The Morgan fingerprint density at radius 1 is 0.676 bits per heavy atom. The van der Waals surface area contributed by atoms with Gasteiger partial charge in [0.2, 0.25) is 0 Å². The highest BCUT2D eigenvalue weighted by atomic mass is 79.9. The van der Waals surface area contributed by atoms with Gasteiger partial charge in [0.05, 0.1) is 11.0 Å². The molecule has 0 atom stereocenters. The lowest BCUT2D eigenvalue weighted by atomic mass is 9.85. The van der Waals surface area contributed by atoms with Gasteiger partial charge in [-0.15, -0.1) is 0 Å². The molecular weight excluding hydrogens is 520 g/mol. The average Bonchev–Trinajstić information content (AvgIpc) is 3.22. The van der Waals surface area contributed by atoms with E-state index in [-0.39, 0.29) is 5.41 Å². The molecule has 0 aliphatic rings. The number of benzene rings is 4. The zero-order valence-corrected chi connectivity index (χ0v) is 22.7. The Labute approximate surface area is 225 Å². The minimum atomic E-state index is 0.0992. The number of aromatic nitrogens is 2. The Balaban J connectivity index is 1.45. The molecule has 0 unspecified atom stereocenters. The molecule has 2 aromatic heterocycles. The van der Waals surface area contributed by atoms with E-state index in [1.54, 1.807) is 0 Å². The van der Waals surface area contributed by atoms with Crippen molar-refractivity contribution in [2.24, 2.45) is 0 Å². The van der Waals surface area contributed by atoms with E-state index in [4.69, 9.17) is 9.72 Å².